The molecule has 1 aromatic carbocycles. The topological polar surface area (TPSA) is 90.6 Å². The molecule has 1 aromatic rings. The molecule has 0 aliphatic heterocycles. The van der Waals surface area contributed by atoms with Gasteiger partial charge in [-0.2, -0.15) is 0 Å². The van der Waals surface area contributed by atoms with Gasteiger partial charge in [-0.25, -0.2) is 9.59 Å². The van der Waals surface area contributed by atoms with Gasteiger partial charge in [0.15, 0.2) is 0 Å². The lowest BCUT2D eigenvalue weighted by molar-refractivity contribution is 0.0527. The van der Waals surface area contributed by atoms with Crippen molar-refractivity contribution in [2.75, 3.05) is 19.4 Å². The highest BCUT2D eigenvalue weighted by Crippen LogP contribution is 2.14. The predicted octanol–water partition coefficient (Wildman–Crippen LogP) is 2.98. The van der Waals surface area contributed by atoms with Gasteiger partial charge in [-0.1, -0.05) is 12.2 Å². The van der Waals surface area contributed by atoms with E-state index in [4.69, 9.17) is 10.5 Å². The number of hydrogen-bond acceptors (Lipinski definition) is 5. The summed E-state index contributed by atoms with van der Waals surface area (Å²) in [6, 6.07) is 5.01. The average molecular weight is 320 g/mol. The Labute approximate surface area is 136 Å². The second-order valence-electron chi connectivity index (χ2n) is 6.00. The summed E-state index contributed by atoms with van der Waals surface area (Å²) in [4.78, 5) is 23.0. The lowest BCUT2D eigenvalue weighted by atomic mass is 10.1. The van der Waals surface area contributed by atoms with Gasteiger partial charge in [0.1, 0.15) is 5.60 Å². The Kier molecular flexibility index (Phi) is 6.63. The molecule has 0 aromatic heterocycles. The lowest BCUT2D eigenvalue weighted by Gasteiger charge is -2.19. The van der Waals surface area contributed by atoms with Gasteiger partial charge in [0.2, 0.25) is 0 Å². The number of nitrogens with two attached hydrogens (primary N) is 1. The van der Waals surface area contributed by atoms with Crippen molar-refractivity contribution < 1.29 is 19.1 Å². The number of methoxy groups -OCH3 is 1. The molecule has 0 fully saturated rings. The van der Waals surface area contributed by atoms with Gasteiger partial charge in [-0.15, -0.1) is 0 Å². The first-order valence-corrected chi connectivity index (χ1v) is 7.33. The molecule has 6 nitrogen and oxygen atoms in total. The minimum absolute atomic E-state index is 0.402. The SMILES string of the molecule is COC(=O)c1cc(N)cc(C=CCCNC(=O)OC(C)(C)C)c1. The van der Waals surface area contributed by atoms with E-state index in [1.165, 1.54) is 7.11 Å². The third-order valence-corrected chi connectivity index (χ3v) is 2.69. The molecule has 0 spiro atoms. The Hall–Kier alpha value is -2.50. The number of esters is 1. The fraction of sp³-hybridized carbons (Fsp3) is 0.412. The van der Waals surface area contributed by atoms with E-state index in [-0.39, 0.29) is 0 Å². The highest BCUT2D eigenvalue weighted by atomic mass is 16.6. The van der Waals surface area contributed by atoms with Crippen LogP contribution in [0.1, 0.15) is 43.1 Å². The third-order valence-electron chi connectivity index (χ3n) is 2.69. The zero-order valence-corrected chi connectivity index (χ0v) is 14.0. The zero-order chi connectivity index (χ0) is 17.5. The standard InChI is InChI=1S/C17H24N2O4/c1-17(2,3)23-16(21)19-8-6-5-7-12-9-13(15(20)22-4)11-14(18)10-12/h5,7,9-11H,6,8,18H2,1-4H3,(H,19,21). The molecule has 6 heteroatoms. The van der Waals surface area contributed by atoms with Crippen LogP contribution in [0.3, 0.4) is 0 Å². The van der Waals surface area contributed by atoms with Crippen LogP contribution in [0.4, 0.5) is 10.5 Å². The zero-order valence-electron chi connectivity index (χ0n) is 14.0. The Morgan fingerprint density at radius 3 is 2.57 bits per heavy atom. The number of hydrogen-bond donors (Lipinski definition) is 2. The molecule has 0 bridgehead atoms. The van der Waals surface area contributed by atoms with Crippen molar-refractivity contribution in [1.29, 1.82) is 0 Å². The fourth-order valence-electron chi connectivity index (χ4n) is 1.80. The van der Waals surface area contributed by atoms with Gasteiger partial charge in [0, 0.05) is 12.2 Å². The van der Waals surface area contributed by atoms with Gasteiger partial charge < -0.3 is 20.5 Å². The minimum Gasteiger partial charge on any atom is -0.465 e. The van der Waals surface area contributed by atoms with E-state index in [1.807, 2.05) is 32.9 Å². The Balaban J connectivity index is 2.51. The molecule has 0 radical (unpaired) electrons. The largest absolute Gasteiger partial charge is 0.465 e. The number of amides is 1. The van der Waals surface area contributed by atoms with Crippen LogP contribution in [0.25, 0.3) is 6.08 Å². The minimum atomic E-state index is -0.508. The lowest BCUT2D eigenvalue weighted by Crippen LogP contribution is -2.32. The van der Waals surface area contributed by atoms with E-state index < -0.39 is 17.7 Å². The van der Waals surface area contributed by atoms with Crippen molar-refractivity contribution in [1.82, 2.24) is 5.32 Å². The number of ether oxygens (including phenoxy) is 2. The summed E-state index contributed by atoms with van der Waals surface area (Å²) >= 11 is 0. The first-order chi connectivity index (χ1) is 10.7. The Morgan fingerprint density at radius 2 is 1.96 bits per heavy atom. The molecular formula is C17H24N2O4. The van der Waals surface area contributed by atoms with Crippen molar-refractivity contribution in [3.63, 3.8) is 0 Å². The first-order valence-electron chi connectivity index (χ1n) is 7.33. The van der Waals surface area contributed by atoms with Crippen LogP contribution in [0.2, 0.25) is 0 Å². The number of alkyl carbamates (subject to hydrolysis) is 1. The molecule has 23 heavy (non-hydrogen) atoms. The van der Waals surface area contributed by atoms with Crippen LogP contribution in [-0.4, -0.2) is 31.3 Å². The second-order valence-corrected chi connectivity index (χ2v) is 6.00. The van der Waals surface area contributed by atoms with Crippen LogP contribution in [0, 0.1) is 0 Å². The van der Waals surface area contributed by atoms with Gasteiger partial charge in [-0.05, 0) is 51.0 Å². The van der Waals surface area contributed by atoms with Crippen LogP contribution < -0.4 is 11.1 Å². The maximum absolute atomic E-state index is 11.5. The highest BCUT2D eigenvalue weighted by molar-refractivity contribution is 5.91. The molecule has 0 saturated carbocycles. The van der Waals surface area contributed by atoms with Gasteiger partial charge in [0.25, 0.3) is 0 Å². The summed E-state index contributed by atoms with van der Waals surface area (Å²) in [5, 5.41) is 2.66. The monoisotopic (exact) mass is 320 g/mol. The van der Waals surface area contributed by atoms with Gasteiger partial charge in [0.05, 0.1) is 12.7 Å². The molecule has 1 amide bonds. The fourth-order valence-corrected chi connectivity index (χ4v) is 1.80. The van der Waals surface area contributed by atoms with E-state index in [2.05, 4.69) is 10.1 Å². The van der Waals surface area contributed by atoms with Crippen LogP contribution >= 0.6 is 0 Å². The van der Waals surface area contributed by atoms with E-state index in [0.29, 0.717) is 24.2 Å². The molecule has 0 aliphatic carbocycles. The first kappa shape index (κ1) is 18.5. The number of carbonyl (C=O) groups is 2. The number of rotatable bonds is 5. The Bertz CT molecular complexity index is 589. The van der Waals surface area contributed by atoms with Crippen molar-refractivity contribution >= 4 is 23.8 Å². The van der Waals surface area contributed by atoms with Crippen LogP contribution in [0.5, 0.6) is 0 Å². The smallest absolute Gasteiger partial charge is 0.407 e. The van der Waals surface area contributed by atoms with Crippen molar-refractivity contribution in [3.8, 4) is 0 Å². The maximum atomic E-state index is 11.5. The number of carbonyl (C=O) groups excluding carboxylic acids is 2. The summed E-state index contributed by atoms with van der Waals surface area (Å²) in [6.07, 6.45) is 3.90. The second kappa shape index (κ2) is 8.22. The van der Waals surface area contributed by atoms with Crippen LogP contribution in [-0.2, 0) is 9.47 Å². The quantitative estimate of drug-likeness (QED) is 0.494. The molecule has 0 unspecified atom stereocenters. The third kappa shape index (κ3) is 7.35. The van der Waals surface area contributed by atoms with E-state index >= 15 is 0 Å². The summed E-state index contributed by atoms with van der Waals surface area (Å²) in [7, 11) is 1.32. The molecule has 0 atom stereocenters. The maximum Gasteiger partial charge on any atom is 0.407 e. The molecule has 0 saturated heterocycles. The predicted molar refractivity (Wildman–Crippen MR) is 90.1 cm³/mol. The van der Waals surface area contributed by atoms with Gasteiger partial charge in [-0.3, -0.25) is 0 Å². The molecule has 126 valence electrons. The summed E-state index contributed by atoms with van der Waals surface area (Å²) in [5.74, 6) is -0.432. The van der Waals surface area contributed by atoms with Crippen molar-refractivity contribution in [2.45, 2.75) is 32.8 Å². The number of nitrogens with one attached hydrogen (secondary N) is 1. The molecule has 0 aliphatic rings. The molecule has 0 heterocycles. The summed E-state index contributed by atoms with van der Waals surface area (Å²) < 4.78 is 9.81. The molecule has 1 rings (SSSR count). The average Bonchev–Trinajstić information content (AvgIpc) is 2.43. The highest BCUT2D eigenvalue weighted by Gasteiger charge is 2.15. The normalized spacial score (nSPS) is 11.3. The van der Waals surface area contributed by atoms with Gasteiger partial charge >= 0.3 is 12.1 Å². The van der Waals surface area contributed by atoms with E-state index in [0.717, 1.165) is 5.56 Å². The molecular weight excluding hydrogens is 296 g/mol. The number of benzene rings is 1. The van der Waals surface area contributed by atoms with Crippen molar-refractivity contribution in [3.05, 3.63) is 35.4 Å². The van der Waals surface area contributed by atoms with Crippen molar-refractivity contribution in [2.24, 2.45) is 0 Å². The van der Waals surface area contributed by atoms with E-state index in [9.17, 15) is 9.59 Å². The number of anilines is 1. The van der Waals surface area contributed by atoms with Crippen LogP contribution in [0.15, 0.2) is 24.3 Å². The Morgan fingerprint density at radius 1 is 1.26 bits per heavy atom. The molecule has 3 N–H and O–H groups in total. The van der Waals surface area contributed by atoms with E-state index in [1.54, 1.807) is 18.2 Å². The summed E-state index contributed by atoms with van der Waals surface area (Å²) in [6.45, 7) is 5.89. The number of nitrogen functional groups attached to an aromatic ring is 1. The summed E-state index contributed by atoms with van der Waals surface area (Å²) in [5.41, 5.74) is 6.94.